The fraction of sp³-hybridized carbons (Fsp3) is 0.231. The highest BCUT2D eigenvalue weighted by molar-refractivity contribution is 5.78. The minimum absolute atomic E-state index is 0.563. The molecule has 0 aliphatic carbocycles. The van der Waals surface area contributed by atoms with Crippen LogP contribution in [0.2, 0.25) is 0 Å². The van der Waals surface area contributed by atoms with Gasteiger partial charge in [-0.2, -0.15) is 0 Å². The smallest absolute Gasteiger partial charge is 0.185 e. The lowest BCUT2D eigenvalue weighted by atomic mass is 10.1. The van der Waals surface area contributed by atoms with Crippen molar-refractivity contribution in [1.29, 1.82) is 0 Å². The average Bonchev–Trinajstić information content (AvgIpc) is 3.49. The third-order valence-electron chi connectivity index (χ3n) is 5.50. The van der Waals surface area contributed by atoms with Gasteiger partial charge in [-0.1, -0.05) is 19.1 Å². The molecule has 8 nitrogen and oxygen atoms in total. The quantitative estimate of drug-likeness (QED) is 0.314. The Balaban J connectivity index is 1.61. The van der Waals surface area contributed by atoms with Crippen LogP contribution in [0.3, 0.4) is 0 Å². The van der Waals surface area contributed by atoms with Gasteiger partial charge in [0.1, 0.15) is 17.1 Å². The number of nitrogens with one attached hydrogen (secondary N) is 1. The second-order valence-corrected chi connectivity index (χ2v) is 7.91. The lowest BCUT2D eigenvalue weighted by Crippen LogP contribution is -2.07. The third-order valence-corrected chi connectivity index (χ3v) is 5.50. The molecular formula is C26H26N6O2. The third kappa shape index (κ3) is 4.10. The number of anilines is 2. The molecule has 0 amide bonds. The van der Waals surface area contributed by atoms with E-state index >= 15 is 0 Å². The van der Waals surface area contributed by atoms with Gasteiger partial charge in [0, 0.05) is 17.7 Å². The zero-order chi connectivity index (χ0) is 23.5. The summed E-state index contributed by atoms with van der Waals surface area (Å²) in [5.74, 6) is 3.65. The molecular weight excluding hydrogens is 428 g/mol. The summed E-state index contributed by atoms with van der Waals surface area (Å²) in [5, 5.41) is 8.36. The zero-order valence-corrected chi connectivity index (χ0v) is 19.4. The number of oxazole rings is 1. The van der Waals surface area contributed by atoms with Gasteiger partial charge in [0.05, 0.1) is 24.1 Å². The molecule has 0 saturated heterocycles. The largest absolute Gasteiger partial charge is 0.493 e. The molecule has 1 N–H and O–H groups in total. The van der Waals surface area contributed by atoms with E-state index in [1.807, 2.05) is 66.9 Å². The molecule has 0 aliphatic heterocycles. The zero-order valence-electron chi connectivity index (χ0n) is 19.4. The molecule has 5 aromatic rings. The normalized spacial score (nSPS) is 11.1. The first-order chi connectivity index (χ1) is 16.7. The number of nitrogens with zero attached hydrogens (tertiary/aromatic N) is 5. The summed E-state index contributed by atoms with van der Waals surface area (Å²) in [6, 6.07) is 15.8. The van der Waals surface area contributed by atoms with E-state index in [1.54, 1.807) is 6.20 Å². The molecule has 0 unspecified atom stereocenters. The van der Waals surface area contributed by atoms with E-state index in [1.165, 1.54) is 6.39 Å². The van der Waals surface area contributed by atoms with Crippen LogP contribution in [0.15, 0.2) is 65.5 Å². The molecule has 8 heteroatoms. The Hall–Kier alpha value is -4.20. The van der Waals surface area contributed by atoms with Gasteiger partial charge in [-0.15, -0.1) is 5.10 Å². The molecule has 0 atom stereocenters. The summed E-state index contributed by atoms with van der Waals surface area (Å²) in [6.45, 7) is 6.66. The molecule has 0 aliphatic rings. The predicted octanol–water partition coefficient (Wildman–Crippen LogP) is 5.85. The van der Waals surface area contributed by atoms with Gasteiger partial charge in [-0.05, 0) is 56.7 Å². The average molecular weight is 455 g/mol. The molecule has 172 valence electrons. The summed E-state index contributed by atoms with van der Waals surface area (Å²) in [6.07, 6.45) is 4.92. The topological polar surface area (TPSA) is 90.4 Å². The Morgan fingerprint density at radius 1 is 1.03 bits per heavy atom. The van der Waals surface area contributed by atoms with E-state index in [-0.39, 0.29) is 0 Å². The van der Waals surface area contributed by atoms with Crippen LogP contribution in [0.5, 0.6) is 5.75 Å². The van der Waals surface area contributed by atoms with E-state index in [0.29, 0.717) is 18.2 Å². The fourth-order valence-corrected chi connectivity index (χ4v) is 3.96. The SMILES string of the molecule is CCCc1nc(C)c2c(Nc3ccc(-c4cnco4)cc3)nc(-c3ccccc3OCC)nn12. The maximum atomic E-state index is 5.85. The number of benzene rings is 2. The van der Waals surface area contributed by atoms with Crippen molar-refractivity contribution in [1.82, 2.24) is 24.6 Å². The fourth-order valence-electron chi connectivity index (χ4n) is 3.96. The summed E-state index contributed by atoms with van der Waals surface area (Å²) in [7, 11) is 0. The van der Waals surface area contributed by atoms with Crippen LogP contribution in [-0.2, 0) is 6.42 Å². The number of aryl methyl sites for hydroxylation is 2. The van der Waals surface area contributed by atoms with E-state index in [9.17, 15) is 0 Å². The Morgan fingerprint density at radius 2 is 1.85 bits per heavy atom. The second-order valence-electron chi connectivity index (χ2n) is 7.91. The Kier molecular flexibility index (Phi) is 5.95. The molecule has 5 rings (SSSR count). The predicted molar refractivity (Wildman–Crippen MR) is 131 cm³/mol. The van der Waals surface area contributed by atoms with Gasteiger partial charge in [0.15, 0.2) is 23.8 Å². The van der Waals surface area contributed by atoms with E-state index in [4.69, 9.17) is 24.2 Å². The maximum Gasteiger partial charge on any atom is 0.185 e. The molecule has 34 heavy (non-hydrogen) atoms. The monoisotopic (exact) mass is 454 g/mol. The highest BCUT2D eigenvalue weighted by Gasteiger charge is 2.19. The van der Waals surface area contributed by atoms with Crippen LogP contribution < -0.4 is 10.1 Å². The van der Waals surface area contributed by atoms with E-state index < -0.39 is 0 Å². The molecule has 3 heterocycles. The van der Waals surface area contributed by atoms with Crippen LogP contribution >= 0.6 is 0 Å². The van der Waals surface area contributed by atoms with Crippen molar-refractivity contribution in [2.24, 2.45) is 0 Å². The minimum atomic E-state index is 0.563. The van der Waals surface area contributed by atoms with Crippen molar-refractivity contribution >= 4 is 17.0 Å². The maximum absolute atomic E-state index is 5.85. The lowest BCUT2D eigenvalue weighted by molar-refractivity contribution is 0.341. The molecule has 3 aromatic heterocycles. The number of rotatable bonds is 8. The van der Waals surface area contributed by atoms with Gasteiger partial charge < -0.3 is 14.5 Å². The van der Waals surface area contributed by atoms with Crippen molar-refractivity contribution in [3.63, 3.8) is 0 Å². The van der Waals surface area contributed by atoms with Crippen molar-refractivity contribution in [3.05, 3.63) is 72.6 Å². The van der Waals surface area contributed by atoms with Crippen LogP contribution in [0.25, 0.3) is 28.2 Å². The number of ether oxygens (including phenoxy) is 1. The van der Waals surface area contributed by atoms with Crippen LogP contribution in [-0.4, -0.2) is 31.2 Å². The standard InChI is InChI=1S/C26H26N6O2/c1-4-8-23-28-17(3)24-26(29-19-13-11-18(12-14-19)22-15-27-16-34-22)30-25(31-32(23)24)20-9-6-7-10-21(20)33-5-2/h6-7,9-16H,4-5,8H2,1-3H3,(H,29,30,31). The van der Waals surface area contributed by atoms with Gasteiger partial charge >= 0.3 is 0 Å². The number of imidazole rings is 1. The van der Waals surface area contributed by atoms with Gasteiger partial charge in [0.25, 0.3) is 0 Å². The van der Waals surface area contributed by atoms with Gasteiger partial charge in [0.2, 0.25) is 0 Å². The van der Waals surface area contributed by atoms with E-state index in [2.05, 4.69) is 17.2 Å². The molecule has 0 radical (unpaired) electrons. The summed E-state index contributed by atoms with van der Waals surface area (Å²) < 4.78 is 13.2. The Bertz CT molecular complexity index is 1410. The number of aromatic nitrogens is 5. The molecule has 0 bridgehead atoms. The molecule has 2 aromatic carbocycles. The van der Waals surface area contributed by atoms with Gasteiger partial charge in [-0.25, -0.2) is 19.5 Å². The molecule has 0 fully saturated rings. The second kappa shape index (κ2) is 9.35. The first-order valence-corrected chi connectivity index (χ1v) is 11.4. The van der Waals surface area contributed by atoms with Crippen LogP contribution in [0.4, 0.5) is 11.5 Å². The summed E-state index contributed by atoms with van der Waals surface area (Å²) >= 11 is 0. The number of fused-ring (bicyclic) bond motifs is 1. The summed E-state index contributed by atoms with van der Waals surface area (Å²) in [4.78, 5) is 13.7. The highest BCUT2D eigenvalue weighted by atomic mass is 16.5. The lowest BCUT2D eigenvalue weighted by Gasteiger charge is -2.13. The molecule has 0 saturated carbocycles. The Labute approximate surface area is 197 Å². The van der Waals surface area contributed by atoms with Crippen molar-refractivity contribution in [2.75, 3.05) is 11.9 Å². The first-order valence-electron chi connectivity index (χ1n) is 11.4. The van der Waals surface area contributed by atoms with Gasteiger partial charge in [-0.3, -0.25) is 0 Å². The molecule has 0 spiro atoms. The first kappa shape index (κ1) is 21.6. The van der Waals surface area contributed by atoms with E-state index in [0.717, 1.165) is 58.2 Å². The highest BCUT2D eigenvalue weighted by Crippen LogP contribution is 2.32. The van der Waals surface area contributed by atoms with Crippen molar-refractivity contribution in [2.45, 2.75) is 33.6 Å². The van der Waals surface area contributed by atoms with Crippen molar-refractivity contribution in [3.8, 4) is 28.5 Å². The van der Waals surface area contributed by atoms with Crippen molar-refractivity contribution < 1.29 is 9.15 Å². The van der Waals surface area contributed by atoms with Crippen LogP contribution in [0.1, 0.15) is 31.8 Å². The number of para-hydroxylation sites is 1. The van der Waals surface area contributed by atoms with Crippen LogP contribution in [0, 0.1) is 6.92 Å². The number of hydrogen-bond acceptors (Lipinski definition) is 7. The summed E-state index contributed by atoms with van der Waals surface area (Å²) in [5.41, 5.74) is 4.43. The minimum Gasteiger partial charge on any atom is -0.493 e. The Morgan fingerprint density at radius 3 is 2.59 bits per heavy atom. The number of hydrogen-bond donors (Lipinski definition) is 1.